The SMILES string of the molecule is CC(=O)C1(O)C=CC=CC1CC=CCl. The molecule has 1 rings (SSSR count). The minimum atomic E-state index is -1.37. The van der Waals surface area contributed by atoms with Crippen molar-refractivity contribution >= 4 is 17.4 Å². The number of aliphatic hydroxyl groups is 1. The van der Waals surface area contributed by atoms with Gasteiger partial charge in [-0.05, 0) is 19.4 Å². The van der Waals surface area contributed by atoms with E-state index in [0.29, 0.717) is 6.42 Å². The highest BCUT2D eigenvalue weighted by Gasteiger charge is 2.37. The molecular formula is C11H13ClO2. The Kier molecular flexibility index (Phi) is 3.67. The summed E-state index contributed by atoms with van der Waals surface area (Å²) in [6, 6.07) is 0. The minimum absolute atomic E-state index is 0.222. The predicted octanol–water partition coefficient (Wildman–Crippen LogP) is 2.19. The summed E-state index contributed by atoms with van der Waals surface area (Å²) in [7, 11) is 0. The van der Waals surface area contributed by atoms with Gasteiger partial charge in [-0.15, -0.1) is 0 Å². The van der Waals surface area contributed by atoms with Crippen LogP contribution in [0.25, 0.3) is 0 Å². The van der Waals surface area contributed by atoms with Gasteiger partial charge in [-0.3, -0.25) is 4.79 Å². The Morgan fingerprint density at radius 3 is 2.93 bits per heavy atom. The van der Waals surface area contributed by atoms with Gasteiger partial charge < -0.3 is 5.11 Å². The van der Waals surface area contributed by atoms with Crippen LogP contribution in [0.5, 0.6) is 0 Å². The molecular weight excluding hydrogens is 200 g/mol. The van der Waals surface area contributed by atoms with Gasteiger partial charge in [0.05, 0.1) is 0 Å². The van der Waals surface area contributed by atoms with E-state index in [1.807, 2.05) is 12.2 Å². The summed E-state index contributed by atoms with van der Waals surface area (Å²) in [5.74, 6) is -0.467. The van der Waals surface area contributed by atoms with Crippen molar-refractivity contribution < 1.29 is 9.90 Å². The molecule has 1 aliphatic carbocycles. The molecule has 0 saturated carbocycles. The first-order valence-corrected chi connectivity index (χ1v) is 4.89. The maximum absolute atomic E-state index is 11.3. The highest BCUT2D eigenvalue weighted by atomic mass is 35.5. The van der Waals surface area contributed by atoms with Crippen LogP contribution in [0.4, 0.5) is 0 Å². The standard InChI is InChI=1S/C11H13ClO2/c1-9(13)11(14)7-3-2-5-10(11)6-4-8-12/h2-5,7-8,10,14H,6H2,1H3. The second-order valence-corrected chi connectivity index (χ2v) is 3.58. The summed E-state index contributed by atoms with van der Waals surface area (Å²) in [6.07, 6.45) is 9.14. The highest BCUT2D eigenvalue weighted by molar-refractivity contribution is 6.25. The normalized spacial score (nSPS) is 31.2. The summed E-state index contributed by atoms with van der Waals surface area (Å²) in [4.78, 5) is 11.3. The Morgan fingerprint density at radius 2 is 2.36 bits per heavy atom. The molecule has 1 aliphatic rings. The van der Waals surface area contributed by atoms with Crippen molar-refractivity contribution in [3.63, 3.8) is 0 Å². The van der Waals surface area contributed by atoms with Crippen molar-refractivity contribution in [2.75, 3.05) is 0 Å². The molecule has 1 N–H and O–H groups in total. The third-order valence-electron chi connectivity index (χ3n) is 2.41. The molecule has 0 aliphatic heterocycles. The van der Waals surface area contributed by atoms with Crippen molar-refractivity contribution in [3.8, 4) is 0 Å². The zero-order chi connectivity index (χ0) is 10.6. The van der Waals surface area contributed by atoms with Gasteiger partial charge in [0, 0.05) is 11.5 Å². The minimum Gasteiger partial charge on any atom is -0.377 e. The second kappa shape index (κ2) is 4.58. The number of hydrogen-bond donors (Lipinski definition) is 1. The molecule has 0 bridgehead atoms. The molecule has 2 nitrogen and oxygen atoms in total. The molecule has 0 aromatic rings. The number of ketones is 1. The third kappa shape index (κ3) is 2.14. The van der Waals surface area contributed by atoms with Gasteiger partial charge in [0.1, 0.15) is 5.60 Å². The topological polar surface area (TPSA) is 37.3 Å². The van der Waals surface area contributed by atoms with Crippen molar-refractivity contribution in [1.29, 1.82) is 0 Å². The highest BCUT2D eigenvalue weighted by Crippen LogP contribution is 2.28. The molecule has 0 amide bonds. The van der Waals surface area contributed by atoms with Crippen molar-refractivity contribution in [1.82, 2.24) is 0 Å². The van der Waals surface area contributed by atoms with Gasteiger partial charge in [0.25, 0.3) is 0 Å². The van der Waals surface area contributed by atoms with Crippen LogP contribution in [-0.4, -0.2) is 16.5 Å². The van der Waals surface area contributed by atoms with Crippen LogP contribution in [0.2, 0.25) is 0 Å². The van der Waals surface area contributed by atoms with Gasteiger partial charge >= 0.3 is 0 Å². The van der Waals surface area contributed by atoms with E-state index in [4.69, 9.17) is 11.6 Å². The van der Waals surface area contributed by atoms with E-state index in [1.165, 1.54) is 18.5 Å². The van der Waals surface area contributed by atoms with Crippen LogP contribution in [0, 0.1) is 5.92 Å². The van der Waals surface area contributed by atoms with Crippen LogP contribution in [0.3, 0.4) is 0 Å². The molecule has 2 atom stereocenters. The number of allylic oxidation sites excluding steroid dienone is 3. The number of rotatable bonds is 3. The van der Waals surface area contributed by atoms with E-state index in [9.17, 15) is 9.90 Å². The average molecular weight is 213 g/mol. The molecule has 2 unspecified atom stereocenters. The number of carbonyl (C=O) groups excluding carboxylic acids is 1. The van der Waals surface area contributed by atoms with Crippen LogP contribution >= 0.6 is 11.6 Å². The molecule has 3 heteroatoms. The first-order chi connectivity index (χ1) is 6.61. The largest absolute Gasteiger partial charge is 0.377 e. The number of halogens is 1. The smallest absolute Gasteiger partial charge is 0.165 e. The molecule has 0 saturated heterocycles. The summed E-state index contributed by atoms with van der Waals surface area (Å²) >= 11 is 5.40. The summed E-state index contributed by atoms with van der Waals surface area (Å²) in [5.41, 5.74) is 0.0257. The van der Waals surface area contributed by atoms with Crippen LogP contribution < -0.4 is 0 Å². The van der Waals surface area contributed by atoms with E-state index in [1.54, 1.807) is 12.2 Å². The first-order valence-electron chi connectivity index (χ1n) is 4.46. The maximum atomic E-state index is 11.3. The number of hydrogen-bond acceptors (Lipinski definition) is 2. The lowest BCUT2D eigenvalue weighted by atomic mass is 9.79. The Hall–Kier alpha value is -0.860. The molecule has 0 heterocycles. The van der Waals surface area contributed by atoms with Crippen molar-refractivity contribution in [3.05, 3.63) is 35.9 Å². The van der Waals surface area contributed by atoms with E-state index < -0.39 is 5.60 Å². The lowest BCUT2D eigenvalue weighted by molar-refractivity contribution is -0.133. The monoisotopic (exact) mass is 212 g/mol. The molecule has 0 aromatic heterocycles. The lowest BCUT2D eigenvalue weighted by Gasteiger charge is -2.30. The first kappa shape index (κ1) is 11.2. The second-order valence-electron chi connectivity index (χ2n) is 3.33. The average Bonchev–Trinajstić information content (AvgIpc) is 2.16. The summed E-state index contributed by atoms with van der Waals surface area (Å²) in [5, 5.41) is 10.1. The van der Waals surface area contributed by atoms with E-state index in [-0.39, 0.29) is 11.7 Å². The maximum Gasteiger partial charge on any atom is 0.165 e. The Morgan fingerprint density at radius 1 is 1.64 bits per heavy atom. The van der Waals surface area contributed by atoms with Crippen molar-refractivity contribution in [2.45, 2.75) is 18.9 Å². The lowest BCUT2D eigenvalue weighted by Crippen LogP contribution is -2.42. The summed E-state index contributed by atoms with van der Waals surface area (Å²) in [6.45, 7) is 1.39. The molecule has 0 aromatic carbocycles. The van der Waals surface area contributed by atoms with Gasteiger partial charge in [-0.2, -0.15) is 0 Å². The quantitative estimate of drug-likeness (QED) is 0.779. The zero-order valence-electron chi connectivity index (χ0n) is 7.98. The molecule has 0 radical (unpaired) electrons. The fraction of sp³-hybridized carbons (Fsp3) is 0.364. The van der Waals surface area contributed by atoms with Gasteiger partial charge in [-0.25, -0.2) is 0 Å². The van der Waals surface area contributed by atoms with Gasteiger partial charge in [-0.1, -0.05) is 35.9 Å². The predicted molar refractivity (Wildman–Crippen MR) is 57.0 cm³/mol. The fourth-order valence-electron chi connectivity index (χ4n) is 1.51. The van der Waals surface area contributed by atoms with E-state index in [2.05, 4.69) is 0 Å². The van der Waals surface area contributed by atoms with Crippen LogP contribution in [-0.2, 0) is 4.79 Å². The number of carbonyl (C=O) groups is 1. The Bertz CT molecular complexity index is 304. The Labute approximate surface area is 88.6 Å². The van der Waals surface area contributed by atoms with Gasteiger partial charge in [0.15, 0.2) is 5.78 Å². The van der Waals surface area contributed by atoms with Crippen molar-refractivity contribution in [2.24, 2.45) is 5.92 Å². The molecule has 0 spiro atoms. The van der Waals surface area contributed by atoms with Gasteiger partial charge in [0.2, 0.25) is 0 Å². The van der Waals surface area contributed by atoms with E-state index in [0.717, 1.165) is 0 Å². The fourth-order valence-corrected chi connectivity index (χ4v) is 1.61. The molecule has 76 valence electrons. The summed E-state index contributed by atoms with van der Waals surface area (Å²) < 4.78 is 0. The Balaban J connectivity index is 2.86. The van der Waals surface area contributed by atoms with Crippen LogP contribution in [0.15, 0.2) is 35.9 Å². The molecule has 0 fully saturated rings. The van der Waals surface area contributed by atoms with Crippen LogP contribution in [0.1, 0.15) is 13.3 Å². The number of Topliss-reactive ketones (excluding diaryl/α,β-unsaturated/α-hetero) is 1. The molecule has 14 heavy (non-hydrogen) atoms. The zero-order valence-corrected chi connectivity index (χ0v) is 8.74. The third-order valence-corrected chi connectivity index (χ3v) is 2.59. The van der Waals surface area contributed by atoms with E-state index >= 15 is 0 Å².